The van der Waals surface area contributed by atoms with Crippen LogP contribution in [0.4, 0.5) is 21.7 Å². The van der Waals surface area contributed by atoms with Gasteiger partial charge < -0.3 is 11.1 Å². The van der Waals surface area contributed by atoms with Crippen LogP contribution in [0.5, 0.6) is 0 Å². The first-order valence-electron chi connectivity index (χ1n) is 6.66. The van der Waals surface area contributed by atoms with Crippen LogP contribution >= 0.6 is 15.9 Å². The molecular weight excluding hydrogens is 335 g/mol. The maximum atomic E-state index is 13.5. The van der Waals surface area contributed by atoms with E-state index in [1.165, 1.54) is 6.07 Å². The van der Waals surface area contributed by atoms with Crippen molar-refractivity contribution in [3.63, 3.8) is 0 Å². The zero-order valence-corrected chi connectivity index (χ0v) is 14.0. The Kier molecular flexibility index (Phi) is 4.46. The summed E-state index contributed by atoms with van der Waals surface area (Å²) in [5.41, 5.74) is 8.29. The highest BCUT2D eigenvalue weighted by Crippen LogP contribution is 2.29. The fourth-order valence-electron chi connectivity index (χ4n) is 1.84. The van der Waals surface area contributed by atoms with Gasteiger partial charge in [0.1, 0.15) is 23.3 Å². The number of nitrogen functional groups attached to an aromatic ring is 1. The third kappa shape index (κ3) is 3.32. The molecular formula is C15H18BrFN4. The molecule has 0 spiro atoms. The van der Waals surface area contributed by atoms with Crippen LogP contribution in [0.25, 0.3) is 0 Å². The van der Waals surface area contributed by atoms with E-state index in [1.807, 2.05) is 27.7 Å². The Balaban J connectivity index is 2.46. The van der Waals surface area contributed by atoms with Gasteiger partial charge in [0.25, 0.3) is 0 Å². The second-order valence-corrected chi connectivity index (χ2v) is 6.16. The Morgan fingerprint density at radius 1 is 1.24 bits per heavy atom. The van der Waals surface area contributed by atoms with E-state index >= 15 is 0 Å². The number of benzene rings is 1. The zero-order chi connectivity index (χ0) is 15.7. The summed E-state index contributed by atoms with van der Waals surface area (Å²) in [5.74, 6) is 1.66. The number of anilines is 3. The number of rotatable bonds is 3. The fraction of sp³-hybridized carbons (Fsp3) is 0.333. The van der Waals surface area contributed by atoms with E-state index in [9.17, 15) is 4.39 Å². The molecule has 0 aliphatic carbocycles. The standard InChI is InChI=1S/C15H18BrFN4/c1-7(2)14-20-13(18)9(4)15(21-14)19-12-6-10(16)11(17)5-8(12)3/h5-7H,1-4H3,(H3,18,19,20,21). The number of nitrogens with one attached hydrogen (secondary N) is 1. The van der Waals surface area contributed by atoms with Crippen molar-refractivity contribution in [1.29, 1.82) is 0 Å². The zero-order valence-electron chi connectivity index (χ0n) is 12.5. The predicted octanol–water partition coefficient (Wildman–Crippen LogP) is 4.44. The molecule has 0 saturated heterocycles. The lowest BCUT2D eigenvalue weighted by molar-refractivity contribution is 0.620. The molecule has 0 aliphatic rings. The molecule has 4 nitrogen and oxygen atoms in total. The van der Waals surface area contributed by atoms with Crippen LogP contribution in [0, 0.1) is 19.7 Å². The number of nitrogens with zero attached hydrogens (tertiary/aromatic N) is 2. The van der Waals surface area contributed by atoms with Gasteiger partial charge in [0.15, 0.2) is 0 Å². The van der Waals surface area contributed by atoms with Gasteiger partial charge in [0, 0.05) is 17.2 Å². The summed E-state index contributed by atoms with van der Waals surface area (Å²) in [6.45, 7) is 7.71. The molecule has 0 amide bonds. The number of aryl methyl sites for hydroxylation is 1. The van der Waals surface area contributed by atoms with Gasteiger partial charge in [-0.3, -0.25) is 0 Å². The van der Waals surface area contributed by atoms with Gasteiger partial charge >= 0.3 is 0 Å². The number of hydrogen-bond donors (Lipinski definition) is 2. The summed E-state index contributed by atoms with van der Waals surface area (Å²) in [6.07, 6.45) is 0. The Hall–Kier alpha value is -1.69. The average molecular weight is 353 g/mol. The van der Waals surface area contributed by atoms with Crippen molar-refractivity contribution in [3.05, 3.63) is 39.4 Å². The number of nitrogens with two attached hydrogens (primary N) is 1. The second-order valence-electron chi connectivity index (χ2n) is 5.30. The van der Waals surface area contributed by atoms with Crippen molar-refractivity contribution < 1.29 is 4.39 Å². The highest BCUT2D eigenvalue weighted by molar-refractivity contribution is 9.10. The van der Waals surface area contributed by atoms with Crippen LogP contribution in [0.1, 0.15) is 36.7 Å². The van der Waals surface area contributed by atoms with Crippen LogP contribution in [0.3, 0.4) is 0 Å². The maximum Gasteiger partial charge on any atom is 0.139 e. The summed E-state index contributed by atoms with van der Waals surface area (Å²) in [6, 6.07) is 3.16. The molecule has 1 aromatic heterocycles. The van der Waals surface area contributed by atoms with Crippen molar-refractivity contribution >= 4 is 33.3 Å². The van der Waals surface area contributed by atoms with Crippen molar-refractivity contribution in [3.8, 4) is 0 Å². The van der Waals surface area contributed by atoms with Gasteiger partial charge in [-0.15, -0.1) is 0 Å². The van der Waals surface area contributed by atoms with E-state index in [1.54, 1.807) is 6.07 Å². The predicted molar refractivity (Wildman–Crippen MR) is 87.4 cm³/mol. The molecule has 0 bridgehead atoms. The molecule has 0 atom stereocenters. The maximum absolute atomic E-state index is 13.5. The minimum Gasteiger partial charge on any atom is -0.383 e. The Bertz CT molecular complexity index is 686. The van der Waals surface area contributed by atoms with Gasteiger partial charge in [-0.1, -0.05) is 13.8 Å². The molecule has 2 aromatic rings. The summed E-state index contributed by atoms with van der Waals surface area (Å²) in [4.78, 5) is 8.80. The quantitative estimate of drug-likeness (QED) is 0.856. The Morgan fingerprint density at radius 3 is 2.52 bits per heavy atom. The van der Waals surface area contributed by atoms with E-state index in [-0.39, 0.29) is 11.7 Å². The smallest absolute Gasteiger partial charge is 0.139 e. The lowest BCUT2D eigenvalue weighted by atomic mass is 10.1. The lowest BCUT2D eigenvalue weighted by Crippen LogP contribution is -2.08. The van der Waals surface area contributed by atoms with Crippen LogP contribution in [0.15, 0.2) is 16.6 Å². The highest BCUT2D eigenvalue weighted by Gasteiger charge is 2.13. The molecule has 3 N–H and O–H groups in total. The number of hydrogen-bond acceptors (Lipinski definition) is 4. The van der Waals surface area contributed by atoms with Crippen molar-refractivity contribution in [2.45, 2.75) is 33.6 Å². The van der Waals surface area contributed by atoms with Crippen molar-refractivity contribution in [1.82, 2.24) is 9.97 Å². The summed E-state index contributed by atoms with van der Waals surface area (Å²) >= 11 is 3.19. The Labute approximate surface area is 132 Å². The molecule has 6 heteroatoms. The van der Waals surface area contributed by atoms with Crippen LogP contribution in [-0.4, -0.2) is 9.97 Å². The van der Waals surface area contributed by atoms with Crippen LogP contribution < -0.4 is 11.1 Å². The first-order valence-corrected chi connectivity index (χ1v) is 7.45. The van der Waals surface area contributed by atoms with Crippen LogP contribution in [0.2, 0.25) is 0 Å². The minimum atomic E-state index is -0.292. The Morgan fingerprint density at radius 2 is 1.90 bits per heavy atom. The van der Waals surface area contributed by atoms with Gasteiger partial charge in [-0.05, 0) is 47.5 Å². The van der Waals surface area contributed by atoms with Gasteiger partial charge in [-0.2, -0.15) is 0 Å². The topological polar surface area (TPSA) is 63.8 Å². The summed E-state index contributed by atoms with van der Waals surface area (Å²) in [5, 5.41) is 3.22. The highest BCUT2D eigenvalue weighted by atomic mass is 79.9. The average Bonchev–Trinajstić information content (AvgIpc) is 2.40. The summed E-state index contributed by atoms with van der Waals surface area (Å²) in [7, 11) is 0. The van der Waals surface area contributed by atoms with Gasteiger partial charge in [-0.25, -0.2) is 14.4 Å². The molecule has 1 aromatic carbocycles. The third-order valence-corrected chi connectivity index (χ3v) is 3.85. The third-order valence-electron chi connectivity index (χ3n) is 3.24. The SMILES string of the molecule is Cc1cc(F)c(Br)cc1Nc1nc(C(C)C)nc(N)c1C. The molecule has 21 heavy (non-hydrogen) atoms. The monoisotopic (exact) mass is 352 g/mol. The molecule has 2 rings (SSSR count). The first kappa shape index (κ1) is 15.7. The first-order chi connectivity index (χ1) is 9.79. The van der Waals surface area contributed by atoms with E-state index in [0.29, 0.717) is 21.9 Å². The van der Waals surface area contributed by atoms with Gasteiger partial charge in [0.05, 0.1) is 4.47 Å². The van der Waals surface area contributed by atoms with E-state index < -0.39 is 0 Å². The molecule has 1 heterocycles. The largest absolute Gasteiger partial charge is 0.383 e. The normalized spacial score (nSPS) is 11.0. The molecule has 0 saturated carbocycles. The minimum absolute atomic E-state index is 0.175. The van der Waals surface area contributed by atoms with E-state index in [0.717, 1.165) is 16.8 Å². The van der Waals surface area contributed by atoms with E-state index in [4.69, 9.17) is 5.73 Å². The van der Waals surface area contributed by atoms with Crippen molar-refractivity contribution in [2.24, 2.45) is 0 Å². The fourth-order valence-corrected chi connectivity index (χ4v) is 2.18. The molecule has 112 valence electrons. The number of aromatic nitrogens is 2. The van der Waals surface area contributed by atoms with Crippen LogP contribution in [-0.2, 0) is 0 Å². The van der Waals surface area contributed by atoms with Gasteiger partial charge in [0.2, 0.25) is 0 Å². The summed E-state index contributed by atoms with van der Waals surface area (Å²) < 4.78 is 13.9. The lowest BCUT2D eigenvalue weighted by Gasteiger charge is -2.15. The molecule has 0 unspecified atom stereocenters. The molecule has 0 fully saturated rings. The second kappa shape index (κ2) is 5.97. The van der Waals surface area contributed by atoms with Crippen molar-refractivity contribution in [2.75, 3.05) is 11.1 Å². The molecule has 0 radical (unpaired) electrons. The number of halogens is 2. The van der Waals surface area contributed by atoms with E-state index in [2.05, 4.69) is 31.2 Å². The molecule has 0 aliphatic heterocycles.